The maximum atomic E-state index is 1.63. The van der Waals surface area contributed by atoms with Crippen LogP contribution in [0.15, 0.2) is 0 Å². The van der Waals surface area contributed by atoms with Crippen molar-refractivity contribution < 1.29 is 0 Å². The Balaban J connectivity index is 1.03. The Morgan fingerprint density at radius 3 is 1.12 bits per heavy atom. The van der Waals surface area contributed by atoms with Crippen LogP contribution in [0.1, 0.15) is 141 Å². The molecule has 182 valence electrons. The fraction of sp³-hybridized carbons (Fsp3) is 1.00. The normalized spacial score (nSPS) is 46.1. The van der Waals surface area contributed by atoms with Crippen LogP contribution in [0.3, 0.4) is 0 Å². The molecule has 0 bridgehead atoms. The summed E-state index contributed by atoms with van der Waals surface area (Å²) in [5, 5.41) is 0. The third kappa shape index (κ3) is 4.49. The second kappa shape index (κ2) is 10.3. The lowest BCUT2D eigenvalue weighted by atomic mass is 9.63. The average Bonchev–Trinajstić information content (AvgIpc) is 3.47. The highest BCUT2D eigenvalue weighted by molar-refractivity contribution is 4.97. The topological polar surface area (TPSA) is 0 Å². The van der Waals surface area contributed by atoms with E-state index in [1.165, 1.54) is 12.8 Å². The molecule has 8 unspecified atom stereocenters. The first-order valence-electron chi connectivity index (χ1n) is 15.9. The summed E-state index contributed by atoms with van der Waals surface area (Å²) in [4.78, 5) is 0. The van der Waals surface area contributed by atoms with Crippen molar-refractivity contribution in [2.24, 2.45) is 59.2 Å². The van der Waals surface area contributed by atoms with Gasteiger partial charge in [0.25, 0.3) is 0 Å². The van der Waals surface area contributed by atoms with Gasteiger partial charge < -0.3 is 0 Å². The van der Waals surface area contributed by atoms with E-state index in [0.29, 0.717) is 0 Å². The quantitative estimate of drug-likeness (QED) is 0.400. The first-order chi connectivity index (χ1) is 15.9. The zero-order chi connectivity index (χ0) is 21.3. The van der Waals surface area contributed by atoms with Crippen LogP contribution in [-0.4, -0.2) is 0 Å². The molecule has 0 N–H and O–H groups in total. The Kier molecular flexibility index (Phi) is 7.24. The standard InChI is InChI=1S/C32H54/c1-3-9-23(10-4-1)27-13-7-15-29-25(19-21-31(27)29)17-18-26-20-22-32-28(14-8-16-30(26)32)24-11-5-2-6-12-24/h23-32H,1-22H2. The summed E-state index contributed by atoms with van der Waals surface area (Å²) in [6, 6.07) is 0. The van der Waals surface area contributed by atoms with Crippen LogP contribution in [0.4, 0.5) is 0 Å². The van der Waals surface area contributed by atoms with E-state index in [1.807, 2.05) is 0 Å². The van der Waals surface area contributed by atoms with Gasteiger partial charge in [-0.05, 0) is 123 Å². The number of hydrogen-bond donors (Lipinski definition) is 0. The molecule has 0 heterocycles. The average molecular weight is 439 g/mol. The van der Waals surface area contributed by atoms with Crippen molar-refractivity contribution in [3.8, 4) is 0 Å². The molecule has 0 aromatic carbocycles. The predicted molar refractivity (Wildman–Crippen MR) is 136 cm³/mol. The molecular weight excluding hydrogens is 384 g/mol. The van der Waals surface area contributed by atoms with Crippen LogP contribution in [0.5, 0.6) is 0 Å². The van der Waals surface area contributed by atoms with E-state index in [4.69, 9.17) is 0 Å². The zero-order valence-corrected chi connectivity index (χ0v) is 21.3. The summed E-state index contributed by atoms with van der Waals surface area (Å²) in [6.07, 6.45) is 34.9. The highest BCUT2D eigenvalue weighted by Crippen LogP contribution is 2.57. The van der Waals surface area contributed by atoms with Crippen molar-refractivity contribution in [1.29, 1.82) is 0 Å². The lowest BCUT2D eigenvalue weighted by Gasteiger charge is -2.43. The second-order valence-corrected chi connectivity index (χ2v) is 13.9. The van der Waals surface area contributed by atoms with Crippen LogP contribution >= 0.6 is 0 Å². The van der Waals surface area contributed by atoms with Gasteiger partial charge in [-0.25, -0.2) is 0 Å². The fourth-order valence-electron chi connectivity index (χ4n) is 11.4. The summed E-state index contributed by atoms with van der Waals surface area (Å²) in [5.74, 6) is 11.4. The van der Waals surface area contributed by atoms with E-state index < -0.39 is 0 Å². The number of rotatable bonds is 5. The Hall–Kier alpha value is 0. The summed E-state index contributed by atoms with van der Waals surface area (Å²) >= 11 is 0. The summed E-state index contributed by atoms with van der Waals surface area (Å²) in [6.45, 7) is 0. The molecule has 0 saturated heterocycles. The summed E-state index contributed by atoms with van der Waals surface area (Å²) in [5.41, 5.74) is 0. The van der Waals surface area contributed by atoms with Crippen molar-refractivity contribution >= 4 is 0 Å². The van der Waals surface area contributed by atoms with Crippen molar-refractivity contribution in [1.82, 2.24) is 0 Å². The lowest BCUT2D eigenvalue weighted by Crippen LogP contribution is -2.34. The molecule has 0 spiro atoms. The molecule has 6 aliphatic carbocycles. The molecule has 0 amide bonds. The van der Waals surface area contributed by atoms with Crippen LogP contribution in [-0.2, 0) is 0 Å². The van der Waals surface area contributed by atoms with E-state index in [-0.39, 0.29) is 0 Å². The highest BCUT2D eigenvalue weighted by atomic mass is 14.5. The van der Waals surface area contributed by atoms with E-state index in [2.05, 4.69) is 0 Å². The van der Waals surface area contributed by atoms with Gasteiger partial charge >= 0.3 is 0 Å². The Bertz CT molecular complexity index is 529. The van der Waals surface area contributed by atoms with Crippen molar-refractivity contribution in [3.63, 3.8) is 0 Å². The van der Waals surface area contributed by atoms with E-state index >= 15 is 0 Å². The van der Waals surface area contributed by atoms with Gasteiger partial charge in [0.1, 0.15) is 0 Å². The molecule has 0 aromatic heterocycles. The third-order valence-electron chi connectivity index (χ3n) is 12.7. The maximum Gasteiger partial charge on any atom is -0.0352 e. The van der Waals surface area contributed by atoms with Crippen molar-refractivity contribution in [2.75, 3.05) is 0 Å². The first kappa shape index (κ1) is 22.5. The van der Waals surface area contributed by atoms with Crippen LogP contribution in [0, 0.1) is 59.2 Å². The monoisotopic (exact) mass is 438 g/mol. The molecule has 0 aromatic rings. The van der Waals surface area contributed by atoms with Gasteiger partial charge in [0.05, 0.1) is 0 Å². The van der Waals surface area contributed by atoms with Gasteiger partial charge in [-0.1, -0.05) is 77.0 Å². The molecule has 6 fully saturated rings. The van der Waals surface area contributed by atoms with Crippen LogP contribution in [0.2, 0.25) is 0 Å². The van der Waals surface area contributed by atoms with Crippen molar-refractivity contribution in [2.45, 2.75) is 141 Å². The minimum atomic E-state index is 1.13. The molecule has 0 aliphatic heterocycles. The molecule has 32 heavy (non-hydrogen) atoms. The van der Waals surface area contributed by atoms with Crippen molar-refractivity contribution in [3.05, 3.63) is 0 Å². The Morgan fingerprint density at radius 2 is 0.688 bits per heavy atom. The molecule has 0 heteroatoms. The lowest BCUT2D eigenvalue weighted by molar-refractivity contribution is 0.0732. The largest absolute Gasteiger partial charge is 0.0533 e. The van der Waals surface area contributed by atoms with Gasteiger partial charge in [-0.3, -0.25) is 0 Å². The number of hydrogen-bond acceptors (Lipinski definition) is 0. The predicted octanol–water partition coefficient (Wildman–Crippen LogP) is 9.81. The van der Waals surface area contributed by atoms with Crippen LogP contribution in [0.25, 0.3) is 0 Å². The molecule has 6 aliphatic rings. The van der Waals surface area contributed by atoms with Crippen LogP contribution < -0.4 is 0 Å². The smallest absolute Gasteiger partial charge is 0.0352 e. The molecule has 0 radical (unpaired) electrons. The zero-order valence-electron chi connectivity index (χ0n) is 21.3. The fourth-order valence-corrected chi connectivity index (χ4v) is 11.4. The van der Waals surface area contributed by atoms with Gasteiger partial charge in [-0.2, -0.15) is 0 Å². The molecule has 0 nitrogen and oxygen atoms in total. The molecule has 6 rings (SSSR count). The van der Waals surface area contributed by atoms with E-state index in [9.17, 15) is 0 Å². The SMILES string of the molecule is C1CCC(C2CCCC3C(CCC4CCC5C(C6CCCCC6)CCCC45)CCC23)CC1. The highest BCUT2D eigenvalue weighted by Gasteiger charge is 2.47. The minimum Gasteiger partial charge on any atom is -0.0533 e. The molecule has 8 atom stereocenters. The molecule has 6 saturated carbocycles. The van der Waals surface area contributed by atoms with Gasteiger partial charge in [0.15, 0.2) is 0 Å². The molecular formula is C32H54. The van der Waals surface area contributed by atoms with E-state index in [0.717, 1.165) is 59.2 Å². The Morgan fingerprint density at radius 1 is 0.281 bits per heavy atom. The number of fused-ring (bicyclic) bond motifs is 2. The van der Waals surface area contributed by atoms with Gasteiger partial charge in [-0.15, -0.1) is 0 Å². The summed E-state index contributed by atoms with van der Waals surface area (Å²) < 4.78 is 0. The third-order valence-corrected chi connectivity index (χ3v) is 12.7. The second-order valence-electron chi connectivity index (χ2n) is 13.9. The maximum absolute atomic E-state index is 1.63. The van der Waals surface area contributed by atoms with Gasteiger partial charge in [0.2, 0.25) is 0 Å². The Labute approximate surface area is 200 Å². The van der Waals surface area contributed by atoms with E-state index in [1.54, 1.807) is 128 Å². The van der Waals surface area contributed by atoms with Gasteiger partial charge in [0, 0.05) is 0 Å². The first-order valence-corrected chi connectivity index (χ1v) is 15.9. The summed E-state index contributed by atoms with van der Waals surface area (Å²) in [7, 11) is 0. The minimum absolute atomic E-state index is 1.13.